The number of fused-ring (bicyclic) bond motifs is 1. The molecule has 1 aliphatic rings. The number of nitrogens with one attached hydrogen (secondary N) is 1. The summed E-state index contributed by atoms with van der Waals surface area (Å²) < 4.78 is 5.46. The third-order valence-corrected chi connectivity index (χ3v) is 4.21. The second kappa shape index (κ2) is 6.98. The van der Waals surface area contributed by atoms with Crippen LogP contribution in [0.1, 0.15) is 18.4 Å². The third kappa shape index (κ3) is 3.87. The van der Waals surface area contributed by atoms with Crippen LogP contribution in [0.5, 0.6) is 0 Å². The van der Waals surface area contributed by atoms with Crippen molar-refractivity contribution in [1.82, 2.24) is 5.32 Å². The van der Waals surface area contributed by atoms with Gasteiger partial charge in [0.15, 0.2) is 0 Å². The number of thioether (sulfide) groups is 1. The molecule has 0 fully saturated rings. The van der Waals surface area contributed by atoms with E-state index in [4.69, 9.17) is 4.74 Å². The number of hydrogen-bond acceptors (Lipinski definition) is 3. The summed E-state index contributed by atoms with van der Waals surface area (Å²) in [6.07, 6.45) is 0. The van der Waals surface area contributed by atoms with E-state index >= 15 is 0 Å². The Morgan fingerprint density at radius 2 is 2.33 bits per heavy atom. The van der Waals surface area contributed by atoms with Gasteiger partial charge in [0, 0.05) is 29.7 Å². The number of hydrogen-bond donors (Lipinski definition) is 1. The van der Waals surface area contributed by atoms with E-state index in [-0.39, 0.29) is 0 Å². The van der Waals surface area contributed by atoms with Gasteiger partial charge in [-0.25, -0.2) is 0 Å². The zero-order valence-electron chi connectivity index (χ0n) is 10.9. The highest BCUT2D eigenvalue weighted by atomic mass is 32.2. The van der Waals surface area contributed by atoms with Crippen molar-refractivity contribution in [3.8, 4) is 0 Å². The highest BCUT2D eigenvalue weighted by Gasteiger charge is 2.21. The SMILES string of the molecule is C=C(C)COCCNCC1CSc2ccccc21. The molecule has 1 aliphatic heterocycles. The largest absolute Gasteiger partial charge is 0.376 e. The lowest BCUT2D eigenvalue weighted by atomic mass is 10.0. The van der Waals surface area contributed by atoms with Crippen LogP contribution in [0.15, 0.2) is 41.3 Å². The third-order valence-electron chi connectivity index (χ3n) is 2.96. The molecule has 18 heavy (non-hydrogen) atoms. The Labute approximate surface area is 114 Å². The second-order valence-corrected chi connectivity index (χ2v) is 5.82. The fourth-order valence-electron chi connectivity index (χ4n) is 2.07. The standard InChI is InChI=1S/C15H21NOS/c1-12(2)10-17-8-7-16-9-13-11-18-15-6-4-3-5-14(13)15/h3-6,13,16H,1,7-11H2,2H3. The van der Waals surface area contributed by atoms with Gasteiger partial charge in [0.05, 0.1) is 13.2 Å². The van der Waals surface area contributed by atoms with E-state index in [1.165, 1.54) is 16.2 Å². The van der Waals surface area contributed by atoms with Crippen molar-refractivity contribution in [3.63, 3.8) is 0 Å². The molecule has 0 bridgehead atoms. The quantitative estimate of drug-likeness (QED) is 0.603. The van der Waals surface area contributed by atoms with Crippen LogP contribution in [0.4, 0.5) is 0 Å². The number of rotatable bonds is 7. The van der Waals surface area contributed by atoms with E-state index in [2.05, 4.69) is 36.2 Å². The lowest BCUT2D eigenvalue weighted by Gasteiger charge is -2.12. The molecule has 2 rings (SSSR count). The minimum atomic E-state index is 0.646. The fourth-order valence-corrected chi connectivity index (χ4v) is 3.32. The summed E-state index contributed by atoms with van der Waals surface area (Å²) in [5.41, 5.74) is 2.58. The zero-order valence-corrected chi connectivity index (χ0v) is 11.8. The predicted molar refractivity (Wildman–Crippen MR) is 78.4 cm³/mol. The van der Waals surface area contributed by atoms with Crippen LogP contribution in [-0.2, 0) is 4.74 Å². The Morgan fingerprint density at radius 3 is 3.17 bits per heavy atom. The maximum absolute atomic E-state index is 5.46. The molecule has 1 aromatic carbocycles. The minimum Gasteiger partial charge on any atom is -0.376 e. The highest BCUT2D eigenvalue weighted by molar-refractivity contribution is 7.99. The van der Waals surface area contributed by atoms with Gasteiger partial charge in [0.1, 0.15) is 0 Å². The van der Waals surface area contributed by atoms with Gasteiger partial charge in [-0.1, -0.05) is 30.4 Å². The molecule has 1 heterocycles. The van der Waals surface area contributed by atoms with Crippen molar-refractivity contribution < 1.29 is 4.74 Å². The summed E-state index contributed by atoms with van der Waals surface area (Å²) >= 11 is 1.97. The van der Waals surface area contributed by atoms with Gasteiger partial charge >= 0.3 is 0 Å². The van der Waals surface area contributed by atoms with Crippen LogP contribution in [0.2, 0.25) is 0 Å². The smallest absolute Gasteiger partial charge is 0.0672 e. The molecule has 0 saturated carbocycles. The Bertz CT molecular complexity index is 405. The van der Waals surface area contributed by atoms with Crippen molar-refractivity contribution in [1.29, 1.82) is 0 Å². The molecule has 0 aromatic heterocycles. The molecule has 1 N–H and O–H groups in total. The van der Waals surface area contributed by atoms with Gasteiger partial charge in [0.2, 0.25) is 0 Å². The van der Waals surface area contributed by atoms with Crippen LogP contribution in [0.25, 0.3) is 0 Å². The molecule has 0 amide bonds. The Hall–Kier alpha value is -0.770. The van der Waals surface area contributed by atoms with Gasteiger partial charge in [-0.2, -0.15) is 0 Å². The molecule has 0 spiro atoms. The Balaban J connectivity index is 1.65. The summed E-state index contributed by atoms with van der Waals surface area (Å²) in [5.74, 6) is 1.84. The first kappa shape index (κ1) is 13.7. The molecule has 1 unspecified atom stereocenters. The van der Waals surface area contributed by atoms with Crippen LogP contribution in [0, 0.1) is 0 Å². The van der Waals surface area contributed by atoms with Crippen LogP contribution >= 0.6 is 11.8 Å². The molecular formula is C15H21NOS. The zero-order chi connectivity index (χ0) is 12.8. The average molecular weight is 263 g/mol. The van der Waals surface area contributed by atoms with Crippen LogP contribution in [-0.4, -0.2) is 32.1 Å². The summed E-state index contributed by atoms with van der Waals surface area (Å²) in [6.45, 7) is 9.18. The lowest BCUT2D eigenvalue weighted by molar-refractivity contribution is 0.158. The van der Waals surface area contributed by atoms with Gasteiger partial charge in [0.25, 0.3) is 0 Å². The summed E-state index contributed by atoms with van der Waals surface area (Å²) in [7, 11) is 0. The first-order valence-electron chi connectivity index (χ1n) is 6.42. The maximum atomic E-state index is 5.46. The molecule has 98 valence electrons. The van der Waals surface area contributed by atoms with Gasteiger partial charge < -0.3 is 10.1 Å². The monoisotopic (exact) mass is 263 g/mol. The molecule has 1 aromatic rings. The minimum absolute atomic E-state index is 0.646. The van der Waals surface area contributed by atoms with E-state index in [0.29, 0.717) is 12.5 Å². The van der Waals surface area contributed by atoms with Gasteiger partial charge in [-0.3, -0.25) is 0 Å². The summed E-state index contributed by atoms with van der Waals surface area (Å²) in [4.78, 5) is 1.45. The highest BCUT2D eigenvalue weighted by Crippen LogP contribution is 2.38. The molecular weight excluding hydrogens is 242 g/mol. The number of ether oxygens (including phenoxy) is 1. The first-order chi connectivity index (χ1) is 8.77. The normalized spacial score (nSPS) is 17.7. The molecule has 0 radical (unpaired) electrons. The molecule has 3 heteroatoms. The van der Waals surface area contributed by atoms with E-state index in [9.17, 15) is 0 Å². The second-order valence-electron chi connectivity index (χ2n) is 4.76. The first-order valence-corrected chi connectivity index (χ1v) is 7.40. The van der Waals surface area contributed by atoms with Gasteiger partial charge in [-0.15, -0.1) is 11.8 Å². The van der Waals surface area contributed by atoms with E-state index in [1.807, 2.05) is 18.7 Å². The van der Waals surface area contributed by atoms with E-state index in [1.54, 1.807) is 0 Å². The van der Waals surface area contributed by atoms with Gasteiger partial charge in [-0.05, 0) is 18.6 Å². The number of benzene rings is 1. The molecule has 1 atom stereocenters. The summed E-state index contributed by atoms with van der Waals surface area (Å²) in [6, 6.07) is 8.72. The van der Waals surface area contributed by atoms with E-state index in [0.717, 1.165) is 25.3 Å². The van der Waals surface area contributed by atoms with E-state index < -0.39 is 0 Å². The Morgan fingerprint density at radius 1 is 1.50 bits per heavy atom. The molecule has 0 saturated heterocycles. The van der Waals surface area contributed by atoms with Crippen molar-refractivity contribution in [3.05, 3.63) is 42.0 Å². The lowest BCUT2D eigenvalue weighted by Crippen LogP contribution is -2.25. The predicted octanol–water partition coefficient (Wildman–Crippen LogP) is 3.06. The van der Waals surface area contributed by atoms with Crippen molar-refractivity contribution >= 4 is 11.8 Å². The topological polar surface area (TPSA) is 21.3 Å². The van der Waals surface area contributed by atoms with Crippen LogP contribution < -0.4 is 5.32 Å². The summed E-state index contributed by atoms with van der Waals surface area (Å²) in [5, 5.41) is 3.47. The maximum Gasteiger partial charge on any atom is 0.0672 e. The van der Waals surface area contributed by atoms with Crippen molar-refractivity contribution in [2.24, 2.45) is 0 Å². The fraction of sp³-hybridized carbons (Fsp3) is 0.467. The molecule has 2 nitrogen and oxygen atoms in total. The van der Waals surface area contributed by atoms with Crippen LogP contribution in [0.3, 0.4) is 0 Å². The van der Waals surface area contributed by atoms with Crippen molar-refractivity contribution in [2.45, 2.75) is 17.7 Å². The molecule has 0 aliphatic carbocycles. The van der Waals surface area contributed by atoms with Crippen molar-refractivity contribution in [2.75, 3.05) is 32.1 Å². The Kier molecular flexibility index (Phi) is 5.29. The average Bonchev–Trinajstić information content (AvgIpc) is 2.77.